The van der Waals surface area contributed by atoms with Crippen molar-refractivity contribution in [3.05, 3.63) is 29.6 Å². The Labute approximate surface area is 160 Å². The highest BCUT2D eigenvalue weighted by atomic mass is 19.1. The maximum atomic E-state index is 13.5. The van der Waals surface area contributed by atoms with Gasteiger partial charge in [-0.15, -0.1) is 0 Å². The molecule has 27 heavy (non-hydrogen) atoms. The molecule has 1 spiro atoms. The van der Waals surface area contributed by atoms with Gasteiger partial charge < -0.3 is 15.1 Å². The number of carbonyl (C=O) groups is 2. The molecule has 2 aliphatic heterocycles. The van der Waals surface area contributed by atoms with E-state index in [4.69, 9.17) is 0 Å². The van der Waals surface area contributed by atoms with Crippen LogP contribution in [-0.2, 0) is 4.79 Å². The van der Waals surface area contributed by atoms with Crippen molar-refractivity contribution in [1.29, 1.82) is 0 Å². The standard InChI is InChI=1S/C20H29FN4O2/c1-4-24-10-9-20(8-7-18(24)26)14-25(12-11-23(20)3)19(27)22-17-13-16(21)6-5-15(17)2/h5-6,13H,4,7-12,14H2,1-3H3,(H,22,27)/t20-/m0/s1. The van der Waals surface area contributed by atoms with Crippen LogP contribution in [0.25, 0.3) is 0 Å². The minimum atomic E-state index is -0.368. The van der Waals surface area contributed by atoms with Gasteiger partial charge in [0.1, 0.15) is 5.82 Å². The van der Waals surface area contributed by atoms with Gasteiger partial charge in [-0.2, -0.15) is 0 Å². The molecule has 1 N–H and O–H groups in total. The molecule has 1 aromatic carbocycles. The van der Waals surface area contributed by atoms with Crippen molar-refractivity contribution < 1.29 is 14.0 Å². The molecule has 6 nitrogen and oxygen atoms in total. The van der Waals surface area contributed by atoms with Gasteiger partial charge in [-0.05, 0) is 51.4 Å². The number of carbonyl (C=O) groups excluding carboxylic acids is 2. The third kappa shape index (κ3) is 4.08. The lowest BCUT2D eigenvalue weighted by molar-refractivity contribution is -0.130. The van der Waals surface area contributed by atoms with Gasteiger partial charge in [0, 0.05) is 50.4 Å². The van der Waals surface area contributed by atoms with Crippen molar-refractivity contribution in [2.75, 3.05) is 45.1 Å². The molecule has 0 radical (unpaired) electrons. The first-order valence-electron chi connectivity index (χ1n) is 9.66. The highest BCUT2D eigenvalue weighted by Gasteiger charge is 2.43. The van der Waals surface area contributed by atoms with E-state index in [2.05, 4.69) is 17.3 Å². The highest BCUT2D eigenvalue weighted by molar-refractivity contribution is 5.90. The topological polar surface area (TPSA) is 55.9 Å². The molecule has 2 saturated heterocycles. The van der Waals surface area contributed by atoms with Crippen molar-refractivity contribution in [3.8, 4) is 0 Å². The highest BCUT2D eigenvalue weighted by Crippen LogP contribution is 2.32. The zero-order valence-electron chi connectivity index (χ0n) is 16.4. The number of urea groups is 1. The molecule has 2 heterocycles. The van der Waals surface area contributed by atoms with Crippen molar-refractivity contribution in [3.63, 3.8) is 0 Å². The van der Waals surface area contributed by atoms with Crippen LogP contribution in [0.1, 0.15) is 31.7 Å². The Bertz CT molecular complexity index is 726. The first-order valence-corrected chi connectivity index (χ1v) is 9.66. The molecule has 1 atom stereocenters. The van der Waals surface area contributed by atoms with Crippen LogP contribution in [0.4, 0.5) is 14.9 Å². The molecule has 0 aliphatic carbocycles. The maximum Gasteiger partial charge on any atom is 0.321 e. The number of hydrogen-bond acceptors (Lipinski definition) is 3. The average molecular weight is 376 g/mol. The van der Waals surface area contributed by atoms with Gasteiger partial charge >= 0.3 is 6.03 Å². The largest absolute Gasteiger partial charge is 0.343 e. The van der Waals surface area contributed by atoms with E-state index in [0.29, 0.717) is 25.2 Å². The molecule has 148 valence electrons. The summed E-state index contributed by atoms with van der Waals surface area (Å²) in [7, 11) is 2.08. The third-order valence-corrected chi connectivity index (χ3v) is 6.11. The summed E-state index contributed by atoms with van der Waals surface area (Å²) in [5.74, 6) is -0.174. The molecule has 2 fully saturated rings. The number of benzene rings is 1. The molecule has 1 aromatic rings. The molecule has 7 heteroatoms. The van der Waals surface area contributed by atoms with Gasteiger partial charge in [0.05, 0.1) is 0 Å². The SMILES string of the molecule is CCN1CC[C@@]2(CCC1=O)CN(C(=O)Nc1cc(F)ccc1C)CCN2C. The van der Waals surface area contributed by atoms with Crippen LogP contribution in [0, 0.1) is 12.7 Å². The normalized spacial score (nSPS) is 24.2. The molecule has 2 aliphatic rings. The molecule has 3 amide bonds. The number of likely N-dealkylation sites (N-methyl/N-ethyl adjacent to an activating group) is 1. The maximum absolute atomic E-state index is 13.5. The van der Waals surface area contributed by atoms with Gasteiger partial charge in [-0.25, -0.2) is 9.18 Å². The fraction of sp³-hybridized carbons (Fsp3) is 0.600. The third-order valence-electron chi connectivity index (χ3n) is 6.11. The Morgan fingerprint density at radius 1 is 1.26 bits per heavy atom. The number of halogens is 1. The minimum Gasteiger partial charge on any atom is -0.343 e. The first-order chi connectivity index (χ1) is 12.8. The predicted octanol–water partition coefficient (Wildman–Crippen LogP) is 2.68. The van der Waals surface area contributed by atoms with Gasteiger partial charge in [-0.3, -0.25) is 9.69 Å². The van der Waals surface area contributed by atoms with E-state index in [1.807, 2.05) is 18.7 Å². The number of amides is 3. The van der Waals surface area contributed by atoms with Crippen molar-refractivity contribution in [2.24, 2.45) is 0 Å². The van der Waals surface area contributed by atoms with Gasteiger partial charge in [0.25, 0.3) is 0 Å². The van der Waals surface area contributed by atoms with Crippen LogP contribution < -0.4 is 5.32 Å². The first kappa shape index (κ1) is 19.6. The summed E-state index contributed by atoms with van der Waals surface area (Å²) in [4.78, 5) is 31.1. The van der Waals surface area contributed by atoms with E-state index in [0.717, 1.165) is 38.0 Å². The zero-order valence-corrected chi connectivity index (χ0v) is 16.4. The molecule has 0 bridgehead atoms. The lowest BCUT2D eigenvalue weighted by atomic mass is 9.86. The molecule has 0 unspecified atom stereocenters. The lowest BCUT2D eigenvalue weighted by Gasteiger charge is -2.49. The molecular formula is C20H29FN4O2. The number of nitrogens with zero attached hydrogens (tertiary/aromatic N) is 3. The number of aryl methyl sites for hydroxylation is 1. The number of hydrogen-bond donors (Lipinski definition) is 1. The van der Waals surface area contributed by atoms with Crippen LogP contribution in [0.5, 0.6) is 0 Å². The molecule has 0 aromatic heterocycles. The Kier molecular flexibility index (Phi) is 5.69. The number of piperazine rings is 1. The average Bonchev–Trinajstić information content (AvgIpc) is 2.80. The summed E-state index contributed by atoms with van der Waals surface area (Å²) < 4.78 is 13.5. The second kappa shape index (κ2) is 7.84. The van der Waals surface area contributed by atoms with Gasteiger partial charge in [-0.1, -0.05) is 6.07 Å². The Balaban J connectivity index is 1.73. The fourth-order valence-electron chi connectivity index (χ4n) is 4.12. The van der Waals surface area contributed by atoms with Crippen LogP contribution in [0.15, 0.2) is 18.2 Å². The summed E-state index contributed by atoms with van der Waals surface area (Å²) >= 11 is 0. The van der Waals surface area contributed by atoms with Gasteiger partial charge in [0.2, 0.25) is 5.91 Å². The summed E-state index contributed by atoms with van der Waals surface area (Å²) in [5, 5.41) is 2.85. The Morgan fingerprint density at radius 2 is 2.04 bits per heavy atom. The fourth-order valence-corrected chi connectivity index (χ4v) is 4.12. The zero-order chi connectivity index (χ0) is 19.6. The summed E-state index contributed by atoms with van der Waals surface area (Å²) in [5.41, 5.74) is 1.14. The number of rotatable bonds is 2. The summed E-state index contributed by atoms with van der Waals surface area (Å²) in [6.07, 6.45) is 2.12. The summed E-state index contributed by atoms with van der Waals surface area (Å²) in [6.45, 7) is 7.24. The van der Waals surface area contributed by atoms with E-state index < -0.39 is 0 Å². The smallest absolute Gasteiger partial charge is 0.321 e. The van der Waals surface area contributed by atoms with E-state index in [1.165, 1.54) is 12.1 Å². The van der Waals surface area contributed by atoms with Crippen LogP contribution >= 0.6 is 0 Å². The van der Waals surface area contributed by atoms with Crippen molar-refractivity contribution >= 4 is 17.6 Å². The quantitative estimate of drug-likeness (QED) is 0.863. The van der Waals surface area contributed by atoms with E-state index in [-0.39, 0.29) is 23.3 Å². The van der Waals surface area contributed by atoms with Crippen LogP contribution in [-0.4, -0.2) is 71.9 Å². The Hall–Kier alpha value is -2.15. The summed E-state index contributed by atoms with van der Waals surface area (Å²) in [6, 6.07) is 4.19. The second-order valence-corrected chi connectivity index (χ2v) is 7.68. The Morgan fingerprint density at radius 3 is 2.78 bits per heavy atom. The molecule has 3 rings (SSSR count). The van der Waals surface area contributed by atoms with E-state index >= 15 is 0 Å². The van der Waals surface area contributed by atoms with E-state index in [9.17, 15) is 14.0 Å². The van der Waals surface area contributed by atoms with Crippen molar-refractivity contribution in [2.45, 2.75) is 38.6 Å². The number of likely N-dealkylation sites (tertiary alicyclic amines) is 1. The molecule has 0 saturated carbocycles. The monoisotopic (exact) mass is 376 g/mol. The number of anilines is 1. The number of nitrogens with one attached hydrogen (secondary N) is 1. The predicted molar refractivity (Wildman–Crippen MR) is 103 cm³/mol. The second-order valence-electron chi connectivity index (χ2n) is 7.68. The molecular weight excluding hydrogens is 347 g/mol. The minimum absolute atomic E-state index is 0.188. The lowest BCUT2D eigenvalue weighted by Crippen LogP contribution is -2.62. The van der Waals surface area contributed by atoms with Gasteiger partial charge in [0.15, 0.2) is 0 Å². The van der Waals surface area contributed by atoms with Crippen molar-refractivity contribution in [1.82, 2.24) is 14.7 Å². The van der Waals surface area contributed by atoms with E-state index in [1.54, 1.807) is 11.0 Å². The van der Waals surface area contributed by atoms with Crippen LogP contribution in [0.3, 0.4) is 0 Å². The van der Waals surface area contributed by atoms with Crippen LogP contribution in [0.2, 0.25) is 0 Å².